The van der Waals surface area contributed by atoms with E-state index < -0.39 is 23.2 Å². The summed E-state index contributed by atoms with van der Waals surface area (Å²) in [5, 5.41) is 0.0924. The van der Waals surface area contributed by atoms with Crippen molar-refractivity contribution in [2.45, 2.75) is 32.7 Å². The number of aryl methyl sites for hydroxylation is 1. The summed E-state index contributed by atoms with van der Waals surface area (Å²) in [5.74, 6) is 0.0215. The zero-order chi connectivity index (χ0) is 23.8. The Morgan fingerprint density at radius 3 is 2.59 bits per heavy atom. The van der Waals surface area contributed by atoms with Crippen molar-refractivity contribution >= 4 is 22.7 Å². The quantitative estimate of drug-likeness (QED) is 0.354. The van der Waals surface area contributed by atoms with Crippen molar-refractivity contribution in [3.8, 4) is 5.75 Å². The van der Waals surface area contributed by atoms with Gasteiger partial charge in [0.25, 0.3) is 5.91 Å². The Labute approximate surface area is 195 Å². The number of hydrogen-bond acceptors (Lipinski definition) is 5. The lowest BCUT2D eigenvalue weighted by Gasteiger charge is -2.24. The molecule has 0 saturated carbocycles. The van der Waals surface area contributed by atoms with Gasteiger partial charge in [-0.2, -0.15) is 0 Å². The van der Waals surface area contributed by atoms with Crippen molar-refractivity contribution in [2.24, 2.45) is 0 Å². The zero-order valence-electron chi connectivity index (χ0n) is 18.9. The van der Waals surface area contributed by atoms with Gasteiger partial charge in [-0.25, -0.2) is 9.37 Å². The zero-order valence-corrected chi connectivity index (χ0v) is 18.9. The molecule has 0 fully saturated rings. The van der Waals surface area contributed by atoms with Crippen molar-refractivity contribution < 1.29 is 18.3 Å². The number of halogens is 1. The lowest BCUT2D eigenvalue weighted by atomic mass is 9.98. The minimum atomic E-state index is -0.772. The first kappa shape index (κ1) is 21.8. The molecule has 1 unspecified atom stereocenters. The van der Waals surface area contributed by atoms with E-state index in [1.807, 2.05) is 37.3 Å². The topological polar surface area (TPSA) is 72.6 Å². The van der Waals surface area contributed by atoms with Crippen LogP contribution in [0.4, 0.5) is 10.2 Å². The lowest BCUT2D eigenvalue weighted by molar-refractivity contribution is 0.0970. The van der Waals surface area contributed by atoms with Crippen molar-refractivity contribution in [2.75, 3.05) is 11.5 Å². The number of carbonyl (C=O) groups is 1. The summed E-state index contributed by atoms with van der Waals surface area (Å²) in [7, 11) is 0. The number of fused-ring (bicyclic) bond motifs is 2. The van der Waals surface area contributed by atoms with Gasteiger partial charge in [-0.15, -0.1) is 0 Å². The molecule has 34 heavy (non-hydrogen) atoms. The van der Waals surface area contributed by atoms with Crippen LogP contribution in [0.1, 0.15) is 53.1 Å². The fourth-order valence-corrected chi connectivity index (χ4v) is 4.18. The van der Waals surface area contributed by atoms with Crippen LogP contribution in [0.15, 0.2) is 70.0 Å². The van der Waals surface area contributed by atoms with Gasteiger partial charge in [0, 0.05) is 6.20 Å². The standard InChI is InChI=1S/C27H23FN2O4/c1-3-4-13-33-19-9-6-17(7-10-19)24-23-25(31)20-14-18(28)8-11-21(20)34-26(23)27(32)30(24)22-12-5-16(2)15-29-22/h5-12,14-15,24H,3-4,13H2,1-2H3. The van der Waals surface area contributed by atoms with E-state index >= 15 is 0 Å². The number of unbranched alkanes of at least 4 members (excludes halogenated alkanes) is 1. The molecular formula is C27H23FN2O4. The first-order chi connectivity index (χ1) is 16.5. The van der Waals surface area contributed by atoms with Gasteiger partial charge in [-0.3, -0.25) is 14.5 Å². The summed E-state index contributed by atoms with van der Waals surface area (Å²) in [5.41, 5.74) is 1.53. The summed E-state index contributed by atoms with van der Waals surface area (Å²) < 4.78 is 25.6. The monoisotopic (exact) mass is 458 g/mol. The van der Waals surface area contributed by atoms with Gasteiger partial charge in [0.15, 0.2) is 5.43 Å². The molecule has 172 valence electrons. The number of aromatic nitrogens is 1. The molecule has 5 rings (SSSR count). The molecular weight excluding hydrogens is 435 g/mol. The van der Waals surface area contributed by atoms with Gasteiger partial charge in [0.05, 0.1) is 23.6 Å². The number of nitrogens with zero attached hydrogens (tertiary/aromatic N) is 2. The molecule has 7 heteroatoms. The molecule has 0 spiro atoms. The van der Waals surface area contributed by atoms with Gasteiger partial charge in [0.1, 0.15) is 23.0 Å². The average Bonchev–Trinajstić information content (AvgIpc) is 3.13. The van der Waals surface area contributed by atoms with Crippen LogP contribution in [0.25, 0.3) is 11.0 Å². The third-order valence-electron chi connectivity index (χ3n) is 5.94. The van der Waals surface area contributed by atoms with Crippen LogP contribution in [0.3, 0.4) is 0 Å². The molecule has 0 N–H and O–H groups in total. The Kier molecular flexibility index (Phi) is 5.61. The number of anilines is 1. The van der Waals surface area contributed by atoms with E-state index in [0.717, 1.165) is 24.5 Å². The molecule has 1 aliphatic rings. The van der Waals surface area contributed by atoms with E-state index in [0.29, 0.717) is 23.7 Å². The highest BCUT2D eigenvalue weighted by atomic mass is 19.1. The van der Waals surface area contributed by atoms with Crippen molar-refractivity contribution in [1.82, 2.24) is 4.98 Å². The Morgan fingerprint density at radius 2 is 1.88 bits per heavy atom. The van der Waals surface area contributed by atoms with Gasteiger partial charge < -0.3 is 9.15 Å². The van der Waals surface area contributed by atoms with Crippen molar-refractivity contribution in [3.63, 3.8) is 0 Å². The summed E-state index contributed by atoms with van der Waals surface area (Å²) in [4.78, 5) is 32.9. The first-order valence-corrected chi connectivity index (χ1v) is 11.2. The first-order valence-electron chi connectivity index (χ1n) is 11.2. The number of hydrogen-bond donors (Lipinski definition) is 0. The maximum Gasteiger partial charge on any atom is 0.296 e. The second-order valence-electron chi connectivity index (χ2n) is 8.36. The third kappa shape index (κ3) is 3.73. The average molecular weight is 458 g/mol. The third-order valence-corrected chi connectivity index (χ3v) is 5.94. The van der Waals surface area contributed by atoms with Crippen molar-refractivity contribution in [1.29, 1.82) is 0 Å². The molecule has 3 heterocycles. The van der Waals surface area contributed by atoms with Crippen molar-refractivity contribution in [3.05, 3.63) is 99.3 Å². The molecule has 0 bridgehead atoms. The second kappa shape index (κ2) is 8.74. The second-order valence-corrected chi connectivity index (χ2v) is 8.36. The highest BCUT2D eigenvalue weighted by Crippen LogP contribution is 2.41. The van der Waals surface area contributed by atoms with Gasteiger partial charge in [0.2, 0.25) is 5.76 Å². The van der Waals surface area contributed by atoms with Gasteiger partial charge in [-0.1, -0.05) is 31.5 Å². The summed E-state index contributed by atoms with van der Waals surface area (Å²) >= 11 is 0. The fourth-order valence-electron chi connectivity index (χ4n) is 4.18. The van der Waals surface area contributed by atoms with Crippen LogP contribution >= 0.6 is 0 Å². The van der Waals surface area contributed by atoms with Gasteiger partial charge in [-0.05, 0) is 60.9 Å². The molecule has 1 aliphatic heterocycles. The van der Waals surface area contributed by atoms with E-state index in [4.69, 9.17) is 9.15 Å². The Bertz CT molecular complexity index is 1430. The van der Waals surface area contributed by atoms with Gasteiger partial charge >= 0.3 is 0 Å². The molecule has 1 atom stereocenters. The number of carbonyl (C=O) groups excluding carboxylic acids is 1. The van der Waals surface area contributed by atoms with E-state index in [-0.39, 0.29) is 22.3 Å². The highest BCUT2D eigenvalue weighted by Gasteiger charge is 2.44. The largest absolute Gasteiger partial charge is 0.494 e. The predicted molar refractivity (Wildman–Crippen MR) is 127 cm³/mol. The van der Waals surface area contributed by atoms with E-state index in [9.17, 15) is 14.0 Å². The Morgan fingerprint density at radius 1 is 1.09 bits per heavy atom. The number of ether oxygens (including phenoxy) is 1. The number of benzene rings is 2. The number of rotatable bonds is 6. The Hall–Kier alpha value is -4.00. The van der Waals surface area contributed by atoms with Crippen LogP contribution in [0.5, 0.6) is 5.75 Å². The molecule has 2 aromatic carbocycles. The van der Waals surface area contributed by atoms with Crippen LogP contribution in [0.2, 0.25) is 0 Å². The number of pyridine rings is 1. The predicted octanol–water partition coefficient (Wildman–Crippen LogP) is 5.56. The van der Waals surface area contributed by atoms with E-state index in [1.165, 1.54) is 17.0 Å². The Balaban J connectivity index is 1.67. The molecule has 2 aromatic heterocycles. The smallest absolute Gasteiger partial charge is 0.296 e. The summed E-state index contributed by atoms with van der Waals surface area (Å²) in [6, 6.07) is 13.8. The maximum atomic E-state index is 13.9. The van der Waals surface area contributed by atoms with Crippen LogP contribution in [0, 0.1) is 12.7 Å². The van der Waals surface area contributed by atoms with Crippen LogP contribution in [-0.4, -0.2) is 17.5 Å². The summed E-state index contributed by atoms with van der Waals surface area (Å²) in [6.07, 6.45) is 3.64. The van der Waals surface area contributed by atoms with Crippen LogP contribution < -0.4 is 15.1 Å². The molecule has 0 saturated heterocycles. The van der Waals surface area contributed by atoms with E-state index in [2.05, 4.69) is 11.9 Å². The maximum absolute atomic E-state index is 13.9. The lowest BCUT2D eigenvalue weighted by Crippen LogP contribution is -2.30. The molecule has 0 radical (unpaired) electrons. The van der Waals surface area contributed by atoms with E-state index in [1.54, 1.807) is 12.3 Å². The molecule has 1 amide bonds. The van der Waals surface area contributed by atoms with Crippen LogP contribution in [-0.2, 0) is 0 Å². The summed E-state index contributed by atoms with van der Waals surface area (Å²) in [6.45, 7) is 4.61. The normalized spacial score (nSPS) is 15.1. The highest BCUT2D eigenvalue weighted by molar-refractivity contribution is 6.10. The fraction of sp³-hybridized carbons (Fsp3) is 0.222. The molecule has 4 aromatic rings. The number of amides is 1. The minimum Gasteiger partial charge on any atom is -0.494 e. The molecule has 6 nitrogen and oxygen atoms in total. The SMILES string of the molecule is CCCCOc1ccc(C2c3c(oc4ccc(F)cc4c3=O)C(=O)N2c2ccc(C)cn2)cc1. The minimum absolute atomic E-state index is 0.0558. The molecule has 0 aliphatic carbocycles.